The first kappa shape index (κ1) is 18.5. The molecule has 1 heterocycles. The van der Waals surface area contributed by atoms with Crippen LogP contribution in [0.5, 0.6) is 0 Å². The van der Waals surface area contributed by atoms with Crippen molar-refractivity contribution >= 4 is 21.9 Å². The number of hydrogen-bond donors (Lipinski definition) is 3. The lowest BCUT2D eigenvalue weighted by Gasteiger charge is -2.30. The number of benzene rings is 2. The van der Waals surface area contributed by atoms with E-state index in [1.165, 1.54) is 16.7 Å². The summed E-state index contributed by atoms with van der Waals surface area (Å²) in [6, 6.07) is 17.0. The van der Waals surface area contributed by atoms with Crippen molar-refractivity contribution in [2.24, 2.45) is 10.8 Å². The molecule has 0 aromatic heterocycles. The Morgan fingerprint density at radius 2 is 1.92 bits per heavy atom. The van der Waals surface area contributed by atoms with Gasteiger partial charge in [-0.15, -0.1) is 0 Å². The van der Waals surface area contributed by atoms with Gasteiger partial charge in [0.15, 0.2) is 0 Å². The first-order chi connectivity index (χ1) is 11.7. The van der Waals surface area contributed by atoms with E-state index >= 15 is 0 Å². The molecule has 2 aromatic carbocycles. The molecule has 0 radical (unpaired) electrons. The van der Waals surface area contributed by atoms with Gasteiger partial charge in [-0.2, -0.15) is 0 Å². The van der Waals surface area contributed by atoms with Crippen LogP contribution in [0.4, 0.5) is 0 Å². The molecule has 0 spiro atoms. The van der Waals surface area contributed by atoms with E-state index in [0.29, 0.717) is 5.96 Å². The quantitative estimate of drug-likeness (QED) is 0.528. The standard InChI is InChI=1S/C17H19BrN4.C2H6/c1-11-5-2-3-8-14(11)16-10-15(20-17(21-16)22-19)12-6-4-7-13(18)9-12;1-2/h2-9,15-16H,10,19H2,1H3,(H2,20,21,22);1-2H3. The van der Waals surface area contributed by atoms with Gasteiger partial charge < -0.3 is 5.32 Å². The van der Waals surface area contributed by atoms with E-state index < -0.39 is 0 Å². The summed E-state index contributed by atoms with van der Waals surface area (Å²) in [7, 11) is 0. The summed E-state index contributed by atoms with van der Waals surface area (Å²) in [6.07, 6.45) is 0.895. The molecule has 2 atom stereocenters. The lowest BCUT2D eigenvalue weighted by Crippen LogP contribution is -2.46. The molecular formula is C19H25BrN4. The number of nitrogens with two attached hydrogens (primary N) is 1. The Morgan fingerprint density at radius 3 is 2.58 bits per heavy atom. The molecule has 1 aliphatic heterocycles. The molecule has 4 nitrogen and oxygen atoms in total. The summed E-state index contributed by atoms with van der Waals surface area (Å²) < 4.78 is 1.06. The molecule has 0 saturated carbocycles. The number of aryl methyl sites for hydroxylation is 1. The van der Waals surface area contributed by atoms with Crippen molar-refractivity contribution in [2.75, 3.05) is 0 Å². The molecule has 0 fully saturated rings. The fourth-order valence-corrected chi connectivity index (χ4v) is 3.30. The fraction of sp³-hybridized carbons (Fsp3) is 0.316. The number of halogens is 1. The van der Waals surface area contributed by atoms with Gasteiger partial charge in [0.1, 0.15) is 0 Å². The summed E-state index contributed by atoms with van der Waals surface area (Å²) in [6.45, 7) is 6.13. The fourth-order valence-electron chi connectivity index (χ4n) is 2.88. The summed E-state index contributed by atoms with van der Waals surface area (Å²) in [4.78, 5) is 4.67. The normalized spacial score (nSPS) is 19.5. The highest BCUT2D eigenvalue weighted by Crippen LogP contribution is 2.34. The van der Waals surface area contributed by atoms with E-state index in [9.17, 15) is 0 Å². The summed E-state index contributed by atoms with van der Waals surface area (Å²) in [5.41, 5.74) is 6.40. The predicted molar refractivity (Wildman–Crippen MR) is 105 cm³/mol. The second-order valence-electron chi connectivity index (χ2n) is 5.48. The maximum Gasteiger partial charge on any atom is 0.206 e. The molecule has 0 aliphatic carbocycles. The van der Waals surface area contributed by atoms with Gasteiger partial charge >= 0.3 is 0 Å². The zero-order valence-corrected chi connectivity index (χ0v) is 16.0. The van der Waals surface area contributed by atoms with Gasteiger partial charge in [-0.1, -0.05) is 66.2 Å². The molecule has 3 rings (SSSR count). The van der Waals surface area contributed by atoms with Crippen LogP contribution in [0, 0.1) is 6.92 Å². The van der Waals surface area contributed by atoms with Gasteiger partial charge in [0.25, 0.3) is 0 Å². The number of guanidine groups is 1. The van der Waals surface area contributed by atoms with E-state index in [2.05, 4.69) is 75.0 Å². The van der Waals surface area contributed by atoms with Gasteiger partial charge in [-0.3, -0.25) is 5.43 Å². The van der Waals surface area contributed by atoms with Crippen LogP contribution < -0.4 is 16.6 Å². The molecular weight excluding hydrogens is 364 g/mol. The minimum atomic E-state index is 0.0782. The highest BCUT2D eigenvalue weighted by Gasteiger charge is 2.26. The number of nitrogens with zero attached hydrogens (tertiary/aromatic N) is 1. The lowest BCUT2D eigenvalue weighted by atomic mass is 9.92. The van der Waals surface area contributed by atoms with Gasteiger partial charge in [0, 0.05) is 4.47 Å². The second kappa shape index (κ2) is 8.85. The zero-order valence-electron chi connectivity index (χ0n) is 14.4. The van der Waals surface area contributed by atoms with Crippen LogP contribution in [0.25, 0.3) is 0 Å². The third kappa shape index (κ3) is 4.36. The average Bonchev–Trinajstić information content (AvgIpc) is 2.63. The smallest absolute Gasteiger partial charge is 0.206 e. The van der Waals surface area contributed by atoms with Crippen LogP contribution in [0.2, 0.25) is 0 Å². The second-order valence-corrected chi connectivity index (χ2v) is 6.40. The van der Waals surface area contributed by atoms with E-state index in [4.69, 9.17) is 5.84 Å². The molecule has 128 valence electrons. The van der Waals surface area contributed by atoms with Crippen molar-refractivity contribution in [1.82, 2.24) is 10.7 Å². The lowest BCUT2D eigenvalue weighted by molar-refractivity contribution is 0.478. The molecule has 2 aromatic rings. The molecule has 0 saturated heterocycles. The summed E-state index contributed by atoms with van der Waals surface area (Å²) in [5.74, 6) is 6.23. The molecule has 1 aliphatic rings. The van der Waals surface area contributed by atoms with E-state index in [0.717, 1.165) is 10.9 Å². The SMILES string of the molecule is CC.Cc1ccccc1C1CC(c2cccc(Br)c2)N=C(NN)N1. The highest BCUT2D eigenvalue weighted by atomic mass is 79.9. The Labute approximate surface area is 152 Å². The first-order valence-electron chi connectivity index (χ1n) is 8.29. The van der Waals surface area contributed by atoms with E-state index in [1.54, 1.807) is 0 Å². The van der Waals surface area contributed by atoms with E-state index in [1.807, 2.05) is 26.0 Å². The van der Waals surface area contributed by atoms with Crippen LogP contribution in [0.3, 0.4) is 0 Å². The maximum atomic E-state index is 5.60. The van der Waals surface area contributed by atoms with Crippen molar-refractivity contribution < 1.29 is 0 Å². The van der Waals surface area contributed by atoms with Crippen molar-refractivity contribution in [3.63, 3.8) is 0 Å². The highest BCUT2D eigenvalue weighted by molar-refractivity contribution is 9.10. The van der Waals surface area contributed by atoms with Crippen LogP contribution in [0.1, 0.15) is 49.0 Å². The van der Waals surface area contributed by atoms with Crippen LogP contribution in [-0.4, -0.2) is 5.96 Å². The minimum absolute atomic E-state index is 0.0782. The Bertz CT molecular complexity index is 699. The van der Waals surface area contributed by atoms with Crippen molar-refractivity contribution in [2.45, 2.75) is 39.3 Å². The van der Waals surface area contributed by atoms with Crippen LogP contribution >= 0.6 is 15.9 Å². The Hall–Kier alpha value is -1.85. The molecule has 0 bridgehead atoms. The van der Waals surface area contributed by atoms with Crippen molar-refractivity contribution in [1.29, 1.82) is 0 Å². The van der Waals surface area contributed by atoms with Gasteiger partial charge in [0.2, 0.25) is 5.96 Å². The Kier molecular flexibility index (Phi) is 6.82. The van der Waals surface area contributed by atoms with Gasteiger partial charge in [0.05, 0.1) is 12.1 Å². The largest absolute Gasteiger partial charge is 0.348 e. The monoisotopic (exact) mass is 388 g/mol. The predicted octanol–water partition coefficient (Wildman–Crippen LogP) is 4.38. The summed E-state index contributed by atoms with van der Waals surface area (Å²) in [5, 5.41) is 3.38. The average molecular weight is 389 g/mol. The third-order valence-corrected chi connectivity index (χ3v) is 4.48. The van der Waals surface area contributed by atoms with E-state index in [-0.39, 0.29) is 12.1 Å². The Morgan fingerprint density at radius 1 is 1.17 bits per heavy atom. The number of aliphatic imine (C=N–C) groups is 1. The van der Waals surface area contributed by atoms with Crippen molar-refractivity contribution in [3.8, 4) is 0 Å². The third-order valence-electron chi connectivity index (χ3n) is 3.99. The minimum Gasteiger partial charge on any atom is -0.348 e. The van der Waals surface area contributed by atoms with Gasteiger partial charge in [-0.25, -0.2) is 10.8 Å². The van der Waals surface area contributed by atoms with Crippen molar-refractivity contribution in [3.05, 3.63) is 69.7 Å². The van der Waals surface area contributed by atoms with Crippen LogP contribution in [-0.2, 0) is 0 Å². The maximum absolute atomic E-state index is 5.60. The molecule has 0 amide bonds. The number of hydrogen-bond acceptors (Lipinski definition) is 4. The molecule has 5 heteroatoms. The number of nitrogens with one attached hydrogen (secondary N) is 2. The molecule has 2 unspecified atom stereocenters. The summed E-state index contributed by atoms with van der Waals surface area (Å²) >= 11 is 3.53. The van der Waals surface area contributed by atoms with Crippen LogP contribution in [0.15, 0.2) is 58.0 Å². The van der Waals surface area contributed by atoms with Gasteiger partial charge in [-0.05, 0) is 42.2 Å². The number of hydrazine groups is 1. The molecule has 24 heavy (non-hydrogen) atoms. The topological polar surface area (TPSA) is 62.4 Å². The first-order valence-corrected chi connectivity index (χ1v) is 9.08. The molecule has 4 N–H and O–H groups in total. The zero-order chi connectivity index (χ0) is 17.5. The number of rotatable bonds is 2. The Balaban J connectivity index is 0.00000100.